The van der Waals surface area contributed by atoms with E-state index in [-0.39, 0.29) is 11.5 Å². The summed E-state index contributed by atoms with van der Waals surface area (Å²) in [6, 6.07) is 2.52. The van der Waals surface area contributed by atoms with Crippen molar-refractivity contribution in [1.82, 2.24) is 0 Å². The van der Waals surface area contributed by atoms with Crippen molar-refractivity contribution in [3.05, 3.63) is 35.1 Å². The zero-order valence-corrected chi connectivity index (χ0v) is 10.2. The molecule has 0 amide bonds. The summed E-state index contributed by atoms with van der Waals surface area (Å²) in [6.45, 7) is 1.03. The third-order valence-electron chi connectivity index (χ3n) is 3.47. The van der Waals surface area contributed by atoms with Gasteiger partial charge in [-0.1, -0.05) is 12.1 Å². The number of ether oxygens (including phenoxy) is 1. The van der Waals surface area contributed by atoms with Crippen molar-refractivity contribution < 1.29 is 22.3 Å². The number of rotatable bonds is 2. The molecule has 0 saturated carbocycles. The average Bonchev–Trinajstić information content (AvgIpc) is 2.38. The highest BCUT2D eigenvalue weighted by Gasteiger charge is 2.36. The monoisotopic (exact) mass is 277 g/mol. The first-order chi connectivity index (χ1) is 8.91. The molecule has 2 rings (SSSR count). The van der Waals surface area contributed by atoms with Gasteiger partial charge < -0.3 is 10.5 Å². The van der Waals surface area contributed by atoms with Crippen LogP contribution < -0.4 is 5.73 Å². The Labute approximate surface area is 108 Å². The first-order valence-corrected chi connectivity index (χ1v) is 6.10. The second-order valence-corrected chi connectivity index (χ2v) is 4.68. The zero-order chi connectivity index (χ0) is 14.0. The van der Waals surface area contributed by atoms with Crippen LogP contribution in [0.5, 0.6) is 0 Å². The van der Waals surface area contributed by atoms with Crippen LogP contribution >= 0.6 is 0 Å². The normalized spacial score (nSPS) is 19.4. The summed E-state index contributed by atoms with van der Waals surface area (Å²) in [5.41, 5.74) is 4.60. The molecule has 1 aromatic rings. The minimum atomic E-state index is -4.70. The van der Waals surface area contributed by atoms with Gasteiger partial charge in [0.05, 0.1) is 5.56 Å². The van der Waals surface area contributed by atoms with E-state index in [9.17, 15) is 17.6 Å². The summed E-state index contributed by atoms with van der Waals surface area (Å²) in [7, 11) is 0. The molecule has 0 spiro atoms. The lowest BCUT2D eigenvalue weighted by Gasteiger charge is -2.28. The summed E-state index contributed by atoms with van der Waals surface area (Å²) in [5.74, 6) is -1.30. The van der Waals surface area contributed by atoms with E-state index in [0.29, 0.717) is 26.1 Å². The van der Waals surface area contributed by atoms with Crippen LogP contribution in [0, 0.1) is 11.7 Å². The van der Waals surface area contributed by atoms with Gasteiger partial charge in [-0.25, -0.2) is 4.39 Å². The van der Waals surface area contributed by atoms with E-state index in [4.69, 9.17) is 10.5 Å². The number of alkyl halides is 3. The van der Waals surface area contributed by atoms with Crippen molar-refractivity contribution in [3.63, 3.8) is 0 Å². The molecule has 0 aliphatic carbocycles. The Kier molecular flexibility index (Phi) is 4.10. The Balaban J connectivity index is 2.29. The van der Waals surface area contributed by atoms with Gasteiger partial charge in [0.15, 0.2) is 0 Å². The van der Waals surface area contributed by atoms with E-state index >= 15 is 0 Å². The summed E-state index contributed by atoms with van der Waals surface area (Å²) in [6.07, 6.45) is -3.43. The lowest BCUT2D eigenvalue weighted by Crippen LogP contribution is -2.28. The molecule has 1 aliphatic rings. The maximum atomic E-state index is 13.9. The molecule has 0 bridgehead atoms. The molecule has 6 heteroatoms. The van der Waals surface area contributed by atoms with Crippen molar-refractivity contribution in [2.45, 2.75) is 25.1 Å². The second kappa shape index (κ2) is 5.46. The minimum Gasteiger partial charge on any atom is -0.381 e. The van der Waals surface area contributed by atoms with Crippen LogP contribution in [0.2, 0.25) is 0 Å². The van der Waals surface area contributed by atoms with Crippen molar-refractivity contribution in [2.75, 3.05) is 13.2 Å². The predicted molar refractivity (Wildman–Crippen MR) is 61.9 cm³/mol. The van der Waals surface area contributed by atoms with Gasteiger partial charge >= 0.3 is 6.18 Å². The molecule has 1 atom stereocenters. The molecule has 0 radical (unpaired) electrons. The summed E-state index contributed by atoms with van der Waals surface area (Å²) < 4.78 is 57.0. The largest absolute Gasteiger partial charge is 0.419 e. The maximum Gasteiger partial charge on any atom is 0.419 e. The third-order valence-corrected chi connectivity index (χ3v) is 3.47. The molecule has 1 fully saturated rings. The minimum absolute atomic E-state index is 0.0493. The maximum absolute atomic E-state index is 13.9. The summed E-state index contributed by atoms with van der Waals surface area (Å²) >= 11 is 0. The van der Waals surface area contributed by atoms with Crippen LogP contribution in [0.15, 0.2) is 18.2 Å². The summed E-state index contributed by atoms with van der Waals surface area (Å²) in [4.78, 5) is 0. The number of nitrogens with two attached hydrogens (primary N) is 1. The number of halogens is 4. The topological polar surface area (TPSA) is 35.2 Å². The Morgan fingerprint density at radius 3 is 2.42 bits per heavy atom. The molecule has 106 valence electrons. The second-order valence-electron chi connectivity index (χ2n) is 4.68. The lowest BCUT2D eigenvalue weighted by molar-refractivity contribution is -0.140. The molecular formula is C13H15F4NO. The summed E-state index contributed by atoms with van der Waals surface area (Å²) in [5, 5.41) is 0. The van der Waals surface area contributed by atoms with Gasteiger partial charge in [-0.2, -0.15) is 13.2 Å². The Hall–Kier alpha value is -1.14. The highest BCUT2D eigenvalue weighted by Crippen LogP contribution is 2.36. The van der Waals surface area contributed by atoms with Gasteiger partial charge in [0, 0.05) is 24.8 Å². The average molecular weight is 277 g/mol. The molecule has 0 aromatic heterocycles. The molecule has 1 heterocycles. The van der Waals surface area contributed by atoms with Gasteiger partial charge in [-0.3, -0.25) is 0 Å². The van der Waals surface area contributed by atoms with E-state index in [0.717, 1.165) is 6.07 Å². The first-order valence-electron chi connectivity index (χ1n) is 6.10. The Bertz CT molecular complexity index is 441. The smallest absolute Gasteiger partial charge is 0.381 e. The molecule has 1 aromatic carbocycles. The fourth-order valence-electron chi connectivity index (χ4n) is 2.36. The molecular weight excluding hydrogens is 262 g/mol. The fourth-order valence-corrected chi connectivity index (χ4v) is 2.36. The van der Waals surface area contributed by atoms with Gasteiger partial charge in [0.2, 0.25) is 0 Å². The molecule has 1 saturated heterocycles. The number of benzene rings is 1. The van der Waals surface area contributed by atoms with Crippen LogP contribution in [0.3, 0.4) is 0 Å². The molecule has 0 unspecified atom stereocenters. The van der Waals surface area contributed by atoms with Gasteiger partial charge in [-0.15, -0.1) is 0 Å². The third kappa shape index (κ3) is 3.06. The Morgan fingerprint density at radius 2 is 1.84 bits per heavy atom. The predicted octanol–water partition coefficient (Wildman–Crippen LogP) is 3.27. The lowest BCUT2D eigenvalue weighted by atomic mass is 9.87. The van der Waals surface area contributed by atoms with Crippen LogP contribution in [0.4, 0.5) is 17.6 Å². The first kappa shape index (κ1) is 14.3. The number of hydrogen-bond donors (Lipinski definition) is 1. The quantitative estimate of drug-likeness (QED) is 0.842. The van der Waals surface area contributed by atoms with Gasteiger partial charge in [-0.05, 0) is 24.8 Å². The molecule has 2 nitrogen and oxygen atoms in total. The van der Waals surface area contributed by atoms with Crippen molar-refractivity contribution >= 4 is 0 Å². The van der Waals surface area contributed by atoms with Crippen LogP contribution in [-0.4, -0.2) is 13.2 Å². The van der Waals surface area contributed by atoms with Gasteiger partial charge in [0.1, 0.15) is 5.82 Å². The molecule has 2 N–H and O–H groups in total. The molecule has 19 heavy (non-hydrogen) atoms. The van der Waals surface area contributed by atoms with E-state index in [1.54, 1.807) is 0 Å². The van der Waals surface area contributed by atoms with Crippen LogP contribution in [0.25, 0.3) is 0 Å². The van der Waals surface area contributed by atoms with Crippen LogP contribution in [-0.2, 0) is 10.9 Å². The Morgan fingerprint density at radius 1 is 1.21 bits per heavy atom. The van der Waals surface area contributed by atoms with Crippen LogP contribution in [0.1, 0.15) is 30.0 Å². The van der Waals surface area contributed by atoms with E-state index < -0.39 is 23.6 Å². The van der Waals surface area contributed by atoms with Crippen molar-refractivity contribution in [2.24, 2.45) is 11.7 Å². The highest BCUT2D eigenvalue weighted by atomic mass is 19.4. The van der Waals surface area contributed by atoms with Crippen molar-refractivity contribution in [1.29, 1.82) is 0 Å². The molecule has 1 aliphatic heterocycles. The van der Waals surface area contributed by atoms with Gasteiger partial charge in [0.25, 0.3) is 0 Å². The fraction of sp³-hybridized carbons (Fsp3) is 0.538. The zero-order valence-electron chi connectivity index (χ0n) is 10.2. The highest BCUT2D eigenvalue weighted by molar-refractivity contribution is 5.30. The van der Waals surface area contributed by atoms with Crippen molar-refractivity contribution in [3.8, 4) is 0 Å². The number of hydrogen-bond acceptors (Lipinski definition) is 2. The standard InChI is InChI=1S/C13H15F4NO/c14-11-9(2-1-3-10(11)13(15,16)17)12(18)8-4-6-19-7-5-8/h1-3,8,12H,4-7,18H2/t12-/m0/s1. The SMILES string of the molecule is N[C@H](c1cccc(C(F)(F)F)c1F)C1CCOCC1. The van der Waals surface area contributed by atoms with E-state index in [1.165, 1.54) is 12.1 Å². The van der Waals surface area contributed by atoms with E-state index in [2.05, 4.69) is 0 Å². The van der Waals surface area contributed by atoms with E-state index in [1.807, 2.05) is 0 Å².